The van der Waals surface area contributed by atoms with Crippen LogP contribution in [0.3, 0.4) is 0 Å². The van der Waals surface area contributed by atoms with Crippen molar-refractivity contribution in [1.82, 2.24) is 4.98 Å². The average molecular weight is 413 g/mol. The van der Waals surface area contributed by atoms with E-state index in [1.165, 1.54) is 24.3 Å². The molecule has 0 spiro atoms. The predicted molar refractivity (Wildman–Crippen MR) is 120 cm³/mol. The van der Waals surface area contributed by atoms with E-state index < -0.39 is 11.8 Å². The molecule has 4 rings (SSSR count). The number of aromatic hydroxyl groups is 1. The lowest BCUT2D eigenvalue weighted by atomic mass is 10.0. The molecule has 1 heterocycles. The number of aromatic nitrogens is 1. The summed E-state index contributed by atoms with van der Waals surface area (Å²) in [6, 6.07) is 16.3. The molecule has 31 heavy (non-hydrogen) atoms. The second kappa shape index (κ2) is 8.40. The molecule has 0 atom stereocenters. The van der Waals surface area contributed by atoms with Gasteiger partial charge in [-0.1, -0.05) is 18.2 Å². The van der Waals surface area contributed by atoms with E-state index in [4.69, 9.17) is 4.74 Å². The smallest absolute Gasteiger partial charge is 0.343 e. The van der Waals surface area contributed by atoms with Gasteiger partial charge >= 0.3 is 5.97 Å². The summed E-state index contributed by atoms with van der Waals surface area (Å²) in [6.45, 7) is 3.70. The molecule has 0 bridgehead atoms. The standard InChI is InChI=1S/C26H20FNO3/c1-16-12-18(13-17(2)25(16)29)5-6-19-14-20(15-24-23(19)4-3-11-28-24)26(30)31-22-9-7-21(27)8-10-22/h3-15,29H,1-2H3. The molecule has 0 saturated heterocycles. The van der Waals surface area contributed by atoms with E-state index in [-0.39, 0.29) is 11.5 Å². The minimum atomic E-state index is -0.551. The number of carbonyl (C=O) groups is 1. The van der Waals surface area contributed by atoms with Crippen LogP contribution in [0.1, 0.15) is 32.6 Å². The summed E-state index contributed by atoms with van der Waals surface area (Å²) in [5.41, 5.74) is 4.33. The van der Waals surface area contributed by atoms with Crippen LogP contribution in [-0.4, -0.2) is 16.1 Å². The van der Waals surface area contributed by atoms with Crippen LogP contribution < -0.4 is 4.74 Å². The van der Waals surface area contributed by atoms with Crippen LogP contribution in [0.4, 0.5) is 4.39 Å². The van der Waals surface area contributed by atoms with Crippen LogP contribution in [0, 0.1) is 19.7 Å². The van der Waals surface area contributed by atoms with E-state index in [0.717, 1.165) is 27.6 Å². The van der Waals surface area contributed by atoms with Gasteiger partial charge in [-0.15, -0.1) is 0 Å². The Morgan fingerprint density at radius 2 is 1.71 bits per heavy atom. The van der Waals surface area contributed by atoms with Gasteiger partial charge in [-0.3, -0.25) is 4.98 Å². The third-order valence-electron chi connectivity index (χ3n) is 4.98. The first-order valence-electron chi connectivity index (χ1n) is 9.75. The van der Waals surface area contributed by atoms with Crippen molar-refractivity contribution in [3.05, 3.63) is 100 Å². The third-order valence-corrected chi connectivity index (χ3v) is 4.98. The summed E-state index contributed by atoms with van der Waals surface area (Å²) in [7, 11) is 0. The number of halogens is 1. The van der Waals surface area contributed by atoms with E-state index in [9.17, 15) is 14.3 Å². The summed E-state index contributed by atoms with van der Waals surface area (Å²) in [5, 5.41) is 10.9. The Morgan fingerprint density at radius 1 is 1.00 bits per heavy atom. The zero-order chi connectivity index (χ0) is 22.0. The van der Waals surface area contributed by atoms with Crippen LogP contribution in [0.25, 0.3) is 23.1 Å². The molecule has 4 nitrogen and oxygen atoms in total. The van der Waals surface area contributed by atoms with Crippen molar-refractivity contribution in [1.29, 1.82) is 0 Å². The SMILES string of the molecule is Cc1cc(C=Cc2cc(C(=O)Oc3ccc(F)cc3)cc3ncccc23)cc(C)c1O. The zero-order valence-electron chi connectivity index (χ0n) is 17.1. The molecule has 0 fully saturated rings. The highest BCUT2D eigenvalue weighted by Crippen LogP contribution is 2.26. The summed E-state index contributed by atoms with van der Waals surface area (Å²) < 4.78 is 18.5. The highest BCUT2D eigenvalue weighted by Gasteiger charge is 2.13. The fourth-order valence-corrected chi connectivity index (χ4v) is 3.41. The van der Waals surface area contributed by atoms with Crippen molar-refractivity contribution in [3.63, 3.8) is 0 Å². The van der Waals surface area contributed by atoms with Crippen LogP contribution in [0.2, 0.25) is 0 Å². The lowest BCUT2D eigenvalue weighted by Crippen LogP contribution is -2.09. The van der Waals surface area contributed by atoms with Crippen molar-refractivity contribution in [2.45, 2.75) is 13.8 Å². The molecule has 3 aromatic carbocycles. The van der Waals surface area contributed by atoms with Crippen LogP contribution >= 0.6 is 0 Å². The van der Waals surface area contributed by atoms with Crippen LogP contribution in [0.5, 0.6) is 11.5 Å². The van der Waals surface area contributed by atoms with E-state index in [0.29, 0.717) is 11.1 Å². The van der Waals surface area contributed by atoms with Gasteiger partial charge < -0.3 is 9.84 Å². The number of carbonyl (C=O) groups excluding carboxylic acids is 1. The van der Waals surface area contributed by atoms with Gasteiger partial charge in [0.2, 0.25) is 0 Å². The van der Waals surface area contributed by atoms with Gasteiger partial charge in [0.1, 0.15) is 17.3 Å². The van der Waals surface area contributed by atoms with E-state index in [2.05, 4.69) is 4.98 Å². The number of ether oxygens (including phenoxy) is 1. The first-order chi connectivity index (χ1) is 14.9. The number of pyridine rings is 1. The van der Waals surface area contributed by atoms with Gasteiger partial charge in [0.15, 0.2) is 0 Å². The normalized spacial score (nSPS) is 11.2. The maximum atomic E-state index is 13.1. The van der Waals surface area contributed by atoms with Crippen molar-refractivity contribution in [3.8, 4) is 11.5 Å². The fourth-order valence-electron chi connectivity index (χ4n) is 3.41. The number of hydrogen-bond donors (Lipinski definition) is 1. The van der Waals surface area contributed by atoms with E-state index in [1.807, 2.05) is 50.3 Å². The highest BCUT2D eigenvalue weighted by atomic mass is 19.1. The molecule has 0 amide bonds. The summed E-state index contributed by atoms with van der Waals surface area (Å²) in [4.78, 5) is 17.1. The molecular formula is C26H20FNO3. The number of aryl methyl sites for hydroxylation is 2. The van der Waals surface area contributed by atoms with E-state index in [1.54, 1.807) is 18.3 Å². The van der Waals surface area contributed by atoms with Gasteiger partial charge in [0.25, 0.3) is 0 Å². The molecular weight excluding hydrogens is 393 g/mol. The average Bonchev–Trinajstić information content (AvgIpc) is 2.77. The van der Waals surface area contributed by atoms with Gasteiger partial charge in [-0.05, 0) is 90.7 Å². The molecule has 0 saturated carbocycles. The number of phenols is 1. The summed E-state index contributed by atoms with van der Waals surface area (Å²) >= 11 is 0. The molecule has 0 radical (unpaired) electrons. The van der Waals surface area contributed by atoms with Crippen LogP contribution in [0.15, 0.2) is 66.9 Å². The van der Waals surface area contributed by atoms with Gasteiger partial charge in [-0.2, -0.15) is 0 Å². The number of benzene rings is 3. The number of fused-ring (bicyclic) bond motifs is 1. The van der Waals surface area contributed by atoms with E-state index >= 15 is 0 Å². The Hall–Kier alpha value is -3.99. The largest absolute Gasteiger partial charge is 0.507 e. The second-order valence-corrected chi connectivity index (χ2v) is 7.32. The lowest BCUT2D eigenvalue weighted by molar-refractivity contribution is 0.0734. The topological polar surface area (TPSA) is 59.4 Å². The first kappa shape index (κ1) is 20.3. The summed E-state index contributed by atoms with van der Waals surface area (Å²) in [6.07, 6.45) is 5.50. The Morgan fingerprint density at radius 3 is 2.42 bits per heavy atom. The maximum absolute atomic E-state index is 13.1. The molecule has 0 aliphatic heterocycles. The molecule has 4 aromatic rings. The second-order valence-electron chi connectivity index (χ2n) is 7.32. The number of esters is 1. The Balaban J connectivity index is 1.71. The lowest BCUT2D eigenvalue weighted by Gasteiger charge is -2.08. The minimum Gasteiger partial charge on any atom is -0.507 e. The monoisotopic (exact) mass is 413 g/mol. The highest BCUT2D eigenvalue weighted by molar-refractivity contribution is 5.99. The first-order valence-corrected chi connectivity index (χ1v) is 9.75. The summed E-state index contributed by atoms with van der Waals surface area (Å²) in [5.74, 6) is -0.399. The van der Waals surface area contributed by atoms with Crippen molar-refractivity contribution in [2.24, 2.45) is 0 Å². The third kappa shape index (κ3) is 4.46. The Bertz CT molecular complexity index is 1290. The number of phenolic OH excluding ortho intramolecular Hbond substituents is 1. The molecule has 1 aromatic heterocycles. The number of hydrogen-bond acceptors (Lipinski definition) is 4. The van der Waals surface area contributed by atoms with Gasteiger partial charge in [-0.25, -0.2) is 9.18 Å². The minimum absolute atomic E-state index is 0.264. The number of rotatable bonds is 4. The molecule has 0 aliphatic carbocycles. The Labute approximate surface area is 179 Å². The fraction of sp³-hybridized carbons (Fsp3) is 0.0769. The van der Waals surface area contributed by atoms with Crippen molar-refractivity contribution >= 4 is 29.0 Å². The quantitative estimate of drug-likeness (QED) is 0.250. The van der Waals surface area contributed by atoms with Crippen LogP contribution in [-0.2, 0) is 0 Å². The molecule has 0 unspecified atom stereocenters. The molecule has 5 heteroatoms. The zero-order valence-corrected chi connectivity index (χ0v) is 17.1. The maximum Gasteiger partial charge on any atom is 0.343 e. The van der Waals surface area contributed by atoms with Gasteiger partial charge in [0, 0.05) is 11.6 Å². The van der Waals surface area contributed by atoms with Crippen molar-refractivity contribution < 1.29 is 19.0 Å². The Kier molecular flexibility index (Phi) is 5.50. The molecule has 154 valence electrons. The van der Waals surface area contributed by atoms with Crippen molar-refractivity contribution in [2.75, 3.05) is 0 Å². The molecule has 1 N–H and O–H groups in total. The predicted octanol–water partition coefficient (Wildman–Crippen LogP) is 6.09. The molecule has 0 aliphatic rings. The van der Waals surface area contributed by atoms with Gasteiger partial charge in [0.05, 0.1) is 11.1 Å². The number of nitrogens with zero attached hydrogens (tertiary/aromatic N) is 1.